The highest BCUT2D eigenvalue weighted by Crippen LogP contribution is 2.31. The Balaban J connectivity index is 1.52. The fourth-order valence-electron chi connectivity index (χ4n) is 4.47. The van der Waals surface area contributed by atoms with Crippen molar-refractivity contribution in [2.24, 2.45) is 0 Å². The molecule has 8 nitrogen and oxygen atoms in total. The third-order valence-electron chi connectivity index (χ3n) is 6.46. The summed E-state index contributed by atoms with van der Waals surface area (Å²) in [6.45, 7) is 3.97. The van der Waals surface area contributed by atoms with Crippen molar-refractivity contribution in [3.05, 3.63) is 83.7 Å². The molecule has 2 amide bonds. The van der Waals surface area contributed by atoms with E-state index in [0.717, 1.165) is 30.2 Å². The van der Waals surface area contributed by atoms with Crippen LogP contribution < -0.4 is 25.2 Å². The molecule has 200 valence electrons. The number of carbonyl (C=O) groups is 2. The Kier molecular flexibility index (Phi) is 9.16. The van der Waals surface area contributed by atoms with Gasteiger partial charge in [0.05, 0.1) is 18.4 Å². The normalized spacial score (nSPS) is 13.2. The molecule has 3 aromatic carbocycles. The summed E-state index contributed by atoms with van der Waals surface area (Å²) in [5, 5.41) is 5.77. The van der Waals surface area contributed by atoms with Crippen molar-refractivity contribution in [1.29, 1.82) is 0 Å². The van der Waals surface area contributed by atoms with Crippen molar-refractivity contribution in [2.45, 2.75) is 6.42 Å². The van der Waals surface area contributed by atoms with Gasteiger partial charge in [-0.25, -0.2) is 4.39 Å². The van der Waals surface area contributed by atoms with Gasteiger partial charge in [-0.2, -0.15) is 0 Å². The molecule has 4 rings (SSSR count). The minimum atomic E-state index is -0.413. The van der Waals surface area contributed by atoms with E-state index in [2.05, 4.69) is 20.4 Å². The number of benzene rings is 3. The number of para-hydroxylation sites is 2. The van der Waals surface area contributed by atoms with E-state index in [-0.39, 0.29) is 11.8 Å². The minimum absolute atomic E-state index is 0.221. The van der Waals surface area contributed by atoms with Crippen LogP contribution in [0.1, 0.15) is 27.1 Å². The molecule has 0 saturated carbocycles. The standard InChI is InChI=1S/C29H33FN4O4/c1-37-19-5-14-31-29(36)24-20-23(32-28(35)21-8-10-22(30)11-9-21)12-13-25(24)33-15-17-34(18-16-33)26-6-3-4-7-27(26)38-2/h3-4,6-13,20H,5,14-19H2,1-2H3,(H,31,36)(H,32,35). The number of hydrogen-bond donors (Lipinski definition) is 2. The van der Waals surface area contributed by atoms with Crippen molar-refractivity contribution in [1.82, 2.24) is 5.32 Å². The molecule has 1 saturated heterocycles. The van der Waals surface area contributed by atoms with Crippen LogP contribution in [-0.4, -0.2) is 65.4 Å². The van der Waals surface area contributed by atoms with Gasteiger partial charge in [0, 0.05) is 63.4 Å². The second-order valence-electron chi connectivity index (χ2n) is 8.94. The monoisotopic (exact) mass is 520 g/mol. The predicted octanol–water partition coefficient (Wildman–Crippen LogP) is 4.18. The van der Waals surface area contributed by atoms with E-state index < -0.39 is 5.82 Å². The first-order chi connectivity index (χ1) is 18.5. The first-order valence-corrected chi connectivity index (χ1v) is 12.6. The van der Waals surface area contributed by atoms with E-state index in [9.17, 15) is 14.0 Å². The van der Waals surface area contributed by atoms with Crippen molar-refractivity contribution in [2.75, 3.05) is 68.7 Å². The molecule has 9 heteroatoms. The Labute approximate surface area is 222 Å². The zero-order chi connectivity index (χ0) is 26.9. The summed E-state index contributed by atoms with van der Waals surface area (Å²) < 4.78 is 23.9. The van der Waals surface area contributed by atoms with Crippen LogP contribution in [0.2, 0.25) is 0 Å². The first kappa shape index (κ1) is 26.9. The quantitative estimate of drug-likeness (QED) is 0.391. The second kappa shape index (κ2) is 12.9. The maximum atomic E-state index is 13.3. The molecule has 0 aliphatic carbocycles. The number of carbonyl (C=O) groups excluding carboxylic acids is 2. The zero-order valence-corrected chi connectivity index (χ0v) is 21.7. The molecule has 0 atom stereocenters. The maximum absolute atomic E-state index is 13.3. The molecule has 0 radical (unpaired) electrons. The number of amides is 2. The molecule has 1 heterocycles. The Morgan fingerprint density at radius 3 is 2.24 bits per heavy atom. The molecule has 1 aliphatic heterocycles. The number of rotatable bonds is 10. The van der Waals surface area contributed by atoms with Gasteiger partial charge in [0.1, 0.15) is 11.6 Å². The van der Waals surface area contributed by atoms with Gasteiger partial charge in [-0.3, -0.25) is 9.59 Å². The Morgan fingerprint density at radius 1 is 0.868 bits per heavy atom. The smallest absolute Gasteiger partial charge is 0.255 e. The number of piperazine rings is 1. The van der Waals surface area contributed by atoms with Crippen molar-refractivity contribution in [3.8, 4) is 5.75 Å². The third-order valence-corrected chi connectivity index (χ3v) is 6.46. The molecular weight excluding hydrogens is 487 g/mol. The average Bonchev–Trinajstić information content (AvgIpc) is 2.95. The lowest BCUT2D eigenvalue weighted by Gasteiger charge is -2.38. The highest BCUT2D eigenvalue weighted by molar-refractivity contribution is 6.06. The van der Waals surface area contributed by atoms with Gasteiger partial charge in [0.2, 0.25) is 0 Å². The van der Waals surface area contributed by atoms with Crippen LogP contribution in [0.4, 0.5) is 21.5 Å². The molecule has 0 unspecified atom stereocenters. The molecule has 1 fully saturated rings. The summed E-state index contributed by atoms with van der Waals surface area (Å²) in [7, 11) is 3.29. The fourth-order valence-corrected chi connectivity index (χ4v) is 4.47. The molecule has 0 spiro atoms. The van der Waals surface area contributed by atoms with Crippen molar-refractivity contribution >= 4 is 28.9 Å². The number of methoxy groups -OCH3 is 2. The van der Waals surface area contributed by atoms with Gasteiger partial charge in [-0.1, -0.05) is 12.1 Å². The highest BCUT2D eigenvalue weighted by atomic mass is 19.1. The van der Waals surface area contributed by atoms with Gasteiger partial charge in [0.25, 0.3) is 11.8 Å². The summed E-state index contributed by atoms with van der Waals surface area (Å²) in [6.07, 6.45) is 0.691. The van der Waals surface area contributed by atoms with E-state index in [0.29, 0.717) is 49.5 Å². The van der Waals surface area contributed by atoms with E-state index in [1.807, 2.05) is 30.3 Å². The fraction of sp³-hybridized carbons (Fsp3) is 0.310. The second-order valence-corrected chi connectivity index (χ2v) is 8.94. The number of halogens is 1. The van der Waals surface area contributed by atoms with Crippen molar-refractivity contribution < 1.29 is 23.5 Å². The Morgan fingerprint density at radius 2 is 1.55 bits per heavy atom. The predicted molar refractivity (Wildman–Crippen MR) is 147 cm³/mol. The molecule has 1 aliphatic rings. The topological polar surface area (TPSA) is 83.1 Å². The van der Waals surface area contributed by atoms with Crippen LogP contribution >= 0.6 is 0 Å². The third kappa shape index (κ3) is 6.60. The van der Waals surface area contributed by atoms with Crippen LogP contribution in [0.5, 0.6) is 5.75 Å². The largest absolute Gasteiger partial charge is 0.495 e. The van der Waals surface area contributed by atoms with E-state index in [1.165, 1.54) is 24.3 Å². The molecular formula is C29H33FN4O4. The number of anilines is 3. The van der Waals surface area contributed by atoms with Gasteiger partial charge < -0.3 is 29.9 Å². The van der Waals surface area contributed by atoms with E-state index in [1.54, 1.807) is 26.4 Å². The average molecular weight is 521 g/mol. The molecule has 38 heavy (non-hydrogen) atoms. The minimum Gasteiger partial charge on any atom is -0.495 e. The molecule has 0 bridgehead atoms. The summed E-state index contributed by atoms with van der Waals surface area (Å²) in [5.74, 6) is -0.182. The number of ether oxygens (including phenoxy) is 2. The lowest BCUT2D eigenvalue weighted by Crippen LogP contribution is -2.47. The van der Waals surface area contributed by atoms with E-state index in [4.69, 9.17) is 9.47 Å². The zero-order valence-electron chi connectivity index (χ0n) is 21.7. The van der Waals surface area contributed by atoms with Crippen LogP contribution in [0.15, 0.2) is 66.7 Å². The lowest BCUT2D eigenvalue weighted by molar-refractivity contribution is 0.0947. The summed E-state index contributed by atoms with van der Waals surface area (Å²) >= 11 is 0. The van der Waals surface area contributed by atoms with Gasteiger partial charge in [-0.05, 0) is 61.0 Å². The number of nitrogens with zero attached hydrogens (tertiary/aromatic N) is 2. The number of nitrogens with one attached hydrogen (secondary N) is 2. The van der Waals surface area contributed by atoms with Gasteiger partial charge >= 0.3 is 0 Å². The van der Waals surface area contributed by atoms with Crippen molar-refractivity contribution in [3.63, 3.8) is 0 Å². The molecule has 3 aromatic rings. The number of hydrogen-bond acceptors (Lipinski definition) is 6. The Bertz CT molecular complexity index is 1240. The summed E-state index contributed by atoms with van der Waals surface area (Å²) in [5.41, 5.74) is 3.13. The lowest BCUT2D eigenvalue weighted by atomic mass is 10.1. The van der Waals surface area contributed by atoms with E-state index >= 15 is 0 Å². The Hall–Kier alpha value is -4.11. The van der Waals surface area contributed by atoms with Crippen LogP contribution in [-0.2, 0) is 4.74 Å². The van der Waals surface area contributed by atoms with Gasteiger partial charge in [0.15, 0.2) is 0 Å². The van der Waals surface area contributed by atoms with Crippen LogP contribution in [0.25, 0.3) is 0 Å². The highest BCUT2D eigenvalue weighted by Gasteiger charge is 2.24. The van der Waals surface area contributed by atoms with Crippen LogP contribution in [0.3, 0.4) is 0 Å². The van der Waals surface area contributed by atoms with Gasteiger partial charge in [-0.15, -0.1) is 0 Å². The summed E-state index contributed by atoms with van der Waals surface area (Å²) in [4.78, 5) is 30.4. The summed E-state index contributed by atoms with van der Waals surface area (Å²) in [6, 6.07) is 18.6. The molecule has 2 N–H and O–H groups in total. The first-order valence-electron chi connectivity index (χ1n) is 12.6. The molecule has 0 aromatic heterocycles. The van der Waals surface area contributed by atoms with Crippen LogP contribution in [0, 0.1) is 5.82 Å². The maximum Gasteiger partial charge on any atom is 0.255 e. The SMILES string of the molecule is COCCCNC(=O)c1cc(NC(=O)c2ccc(F)cc2)ccc1N1CCN(c2ccccc2OC)CC1.